The topological polar surface area (TPSA) is 67.4 Å². The first-order valence-corrected chi connectivity index (χ1v) is 8.44. The number of fused-ring (bicyclic) bond motifs is 1. The van der Waals surface area contributed by atoms with Crippen LogP contribution in [0.5, 0.6) is 0 Å². The molecule has 0 fully saturated rings. The summed E-state index contributed by atoms with van der Waals surface area (Å²) in [6, 6.07) is 6.41. The Hall–Kier alpha value is -1.53. The van der Waals surface area contributed by atoms with Crippen molar-refractivity contribution in [1.82, 2.24) is 10.6 Å². The maximum Gasteiger partial charge on any atom is 0.239 e. The highest BCUT2D eigenvalue weighted by Gasteiger charge is 2.12. The van der Waals surface area contributed by atoms with Crippen molar-refractivity contribution >= 4 is 23.6 Å². The van der Waals surface area contributed by atoms with Crippen LogP contribution in [0.25, 0.3) is 0 Å². The zero-order valence-electron chi connectivity index (χ0n) is 12.8. The largest absolute Gasteiger partial charge is 0.383 e. The predicted molar refractivity (Wildman–Crippen MR) is 87.1 cm³/mol. The van der Waals surface area contributed by atoms with Crippen LogP contribution in [0.3, 0.4) is 0 Å². The summed E-state index contributed by atoms with van der Waals surface area (Å²) in [5, 5.41) is 5.27. The summed E-state index contributed by atoms with van der Waals surface area (Å²) >= 11 is 1.50. The molecular weight excluding hydrogens is 300 g/mol. The number of hydrogen-bond acceptors (Lipinski definition) is 4. The van der Waals surface area contributed by atoms with E-state index in [4.69, 9.17) is 4.74 Å². The molecule has 0 unspecified atom stereocenters. The molecular formula is C16H22N2O3S. The van der Waals surface area contributed by atoms with Crippen molar-refractivity contribution in [2.45, 2.75) is 24.2 Å². The maximum atomic E-state index is 11.7. The molecule has 2 amide bonds. The van der Waals surface area contributed by atoms with Crippen molar-refractivity contribution in [1.29, 1.82) is 0 Å². The van der Waals surface area contributed by atoms with Gasteiger partial charge in [-0.2, -0.15) is 0 Å². The van der Waals surface area contributed by atoms with Gasteiger partial charge >= 0.3 is 0 Å². The molecule has 0 aliphatic heterocycles. The van der Waals surface area contributed by atoms with E-state index in [1.807, 2.05) is 0 Å². The van der Waals surface area contributed by atoms with E-state index in [2.05, 4.69) is 28.8 Å². The van der Waals surface area contributed by atoms with E-state index in [9.17, 15) is 9.59 Å². The number of hydrogen-bond donors (Lipinski definition) is 2. The smallest absolute Gasteiger partial charge is 0.239 e. The van der Waals surface area contributed by atoms with Crippen LogP contribution in [0.15, 0.2) is 23.1 Å². The van der Waals surface area contributed by atoms with Gasteiger partial charge in [0.1, 0.15) is 0 Å². The average molecular weight is 322 g/mol. The Labute approximate surface area is 135 Å². The summed E-state index contributed by atoms with van der Waals surface area (Å²) in [5.41, 5.74) is 2.84. The fourth-order valence-electron chi connectivity index (χ4n) is 2.37. The van der Waals surface area contributed by atoms with E-state index in [0.717, 1.165) is 11.3 Å². The van der Waals surface area contributed by atoms with Gasteiger partial charge in [-0.1, -0.05) is 6.07 Å². The normalized spacial score (nSPS) is 12.8. The minimum absolute atomic E-state index is 0.00724. The monoisotopic (exact) mass is 322 g/mol. The molecule has 0 saturated carbocycles. The number of aryl methyl sites for hydroxylation is 2. The second-order valence-electron chi connectivity index (χ2n) is 5.19. The summed E-state index contributed by atoms with van der Waals surface area (Å²) in [6.45, 7) is 0.927. The van der Waals surface area contributed by atoms with Crippen molar-refractivity contribution in [3.8, 4) is 0 Å². The molecule has 5 nitrogen and oxygen atoms in total. The molecule has 0 atom stereocenters. The first-order chi connectivity index (χ1) is 10.7. The molecule has 1 aliphatic rings. The Morgan fingerprint density at radius 1 is 1.18 bits per heavy atom. The van der Waals surface area contributed by atoms with Crippen molar-refractivity contribution < 1.29 is 14.3 Å². The van der Waals surface area contributed by atoms with E-state index in [1.54, 1.807) is 7.11 Å². The second kappa shape index (κ2) is 8.80. The van der Waals surface area contributed by atoms with E-state index in [0.29, 0.717) is 18.9 Å². The van der Waals surface area contributed by atoms with Gasteiger partial charge in [0.25, 0.3) is 0 Å². The van der Waals surface area contributed by atoms with Crippen LogP contribution in [-0.4, -0.2) is 44.4 Å². The van der Waals surface area contributed by atoms with Gasteiger partial charge in [0.2, 0.25) is 11.8 Å². The van der Waals surface area contributed by atoms with Crippen molar-refractivity contribution in [3.05, 3.63) is 29.3 Å². The number of amides is 2. The summed E-state index contributed by atoms with van der Waals surface area (Å²) in [7, 11) is 1.57. The fraction of sp³-hybridized carbons (Fsp3) is 0.500. The molecule has 0 spiro atoms. The number of rotatable bonds is 8. The molecule has 22 heavy (non-hydrogen) atoms. The molecule has 0 bridgehead atoms. The highest BCUT2D eigenvalue weighted by atomic mass is 32.2. The standard InChI is InChI=1S/C16H22N2O3S/c1-21-8-7-17-15(19)10-18-16(20)11-22-14-6-5-12-3-2-4-13(12)9-14/h5-6,9H,2-4,7-8,10-11H2,1H3,(H,17,19)(H,18,20). The van der Waals surface area contributed by atoms with Crippen molar-refractivity contribution in [2.24, 2.45) is 0 Å². The molecule has 1 aromatic rings. The van der Waals surface area contributed by atoms with Crippen LogP contribution in [0.1, 0.15) is 17.5 Å². The Kier molecular flexibility index (Phi) is 6.74. The highest BCUT2D eigenvalue weighted by Crippen LogP contribution is 2.27. The van der Waals surface area contributed by atoms with E-state index in [1.165, 1.54) is 35.7 Å². The minimum Gasteiger partial charge on any atom is -0.383 e. The van der Waals surface area contributed by atoms with Gasteiger partial charge in [0.15, 0.2) is 0 Å². The van der Waals surface area contributed by atoms with Crippen molar-refractivity contribution in [2.75, 3.05) is 32.6 Å². The number of benzene rings is 1. The average Bonchev–Trinajstić information content (AvgIpc) is 2.98. The quantitative estimate of drug-likeness (QED) is 0.556. The molecule has 2 rings (SSSR count). The first-order valence-electron chi connectivity index (χ1n) is 7.46. The lowest BCUT2D eigenvalue weighted by Crippen LogP contribution is -2.38. The minimum atomic E-state index is -0.201. The molecule has 2 N–H and O–H groups in total. The Bertz CT molecular complexity index is 534. The van der Waals surface area contributed by atoms with Crippen molar-refractivity contribution in [3.63, 3.8) is 0 Å². The second-order valence-corrected chi connectivity index (χ2v) is 6.24. The molecule has 6 heteroatoms. The molecule has 1 aromatic carbocycles. The van der Waals surface area contributed by atoms with E-state index >= 15 is 0 Å². The van der Waals surface area contributed by atoms with Crippen LogP contribution in [0.4, 0.5) is 0 Å². The Balaban J connectivity index is 1.66. The summed E-state index contributed by atoms with van der Waals surface area (Å²) in [6.07, 6.45) is 3.53. The zero-order chi connectivity index (χ0) is 15.8. The summed E-state index contributed by atoms with van der Waals surface area (Å²) in [4.78, 5) is 24.3. The maximum absolute atomic E-state index is 11.7. The van der Waals surface area contributed by atoms with E-state index < -0.39 is 0 Å². The zero-order valence-corrected chi connectivity index (χ0v) is 13.6. The van der Waals surface area contributed by atoms with Gasteiger partial charge in [-0.05, 0) is 42.5 Å². The van der Waals surface area contributed by atoms with Gasteiger partial charge in [0, 0.05) is 18.6 Å². The molecule has 0 heterocycles. The number of carbonyl (C=O) groups is 2. The van der Waals surface area contributed by atoms with Gasteiger partial charge in [0.05, 0.1) is 18.9 Å². The lowest BCUT2D eigenvalue weighted by molar-refractivity contribution is -0.124. The van der Waals surface area contributed by atoms with Crippen LogP contribution >= 0.6 is 11.8 Å². The molecule has 1 aliphatic carbocycles. The third kappa shape index (κ3) is 5.35. The summed E-state index contributed by atoms with van der Waals surface area (Å²) < 4.78 is 4.83. The lowest BCUT2D eigenvalue weighted by atomic mass is 10.1. The fourth-order valence-corrected chi connectivity index (χ4v) is 3.16. The SMILES string of the molecule is COCCNC(=O)CNC(=O)CSc1ccc2c(c1)CCC2. The van der Waals surface area contributed by atoms with Gasteiger partial charge in [-0.15, -0.1) is 11.8 Å². The van der Waals surface area contributed by atoms with E-state index in [-0.39, 0.29) is 18.4 Å². The summed E-state index contributed by atoms with van der Waals surface area (Å²) in [5.74, 6) is -0.00949. The third-order valence-corrected chi connectivity index (χ3v) is 4.51. The van der Waals surface area contributed by atoms with Crippen LogP contribution in [0.2, 0.25) is 0 Å². The third-order valence-electron chi connectivity index (χ3n) is 3.51. The van der Waals surface area contributed by atoms with Crippen LogP contribution < -0.4 is 10.6 Å². The van der Waals surface area contributed by atoms with Crippen LogP contribution in [-0.2, 0) is 27.2 Å². The number of nitrogens with one attached hydrogen (secondary N) is 2. The molecule has 0 aromatic heterocycles. The number of thioether (sulfide) groups is 1. The Morgan fingerprint density at radius 2 is 2.00 bits per heavy atom. The Morgan fingerprint density at radius 3 is 2.82 bits per heavy atom. The lowest BCUT2D eigenvalue weighted by Gasteiger charge is -2.07. The van der Waals surface area contributed by atoms with Gasteiger partial charge < -0.3 is 15.4 Å². The molecule has 0 radical (unpaired) electrons. The first kappa shape index (κ1) is 16.8. The van der Waals surface area contributed by atoms with Crippen LogP contribution in [0, 0.1) is 0 Å². The number of methoxy groups -OCH3 is 1. The van der Waals surface area contributed by atoms with Gasteiger partial charge in [-0.3, -0.25) is 9.59 Å². The molecule has 120 valence electrons. The number of ether oxygens (including phenoxy) is 1. The highest BCUT2D eigenvalue weighted by molar-refractivity contribution is 8.00. The van der Waals surface area contributed by atoms with Gasteiger partial charge in [-0.25, -0.2) is 0 Å². The predicted octanol–water partition coefficient (Wildman–Crippen LogP) is 1.15. The molecule has 0 saturated heterocycles. The number of carbonyl (C=O) groups excluding carboxylic acids is 2.